The maximum atomic E-state index is 12.2. The number of hydrogen-bond donors (Lipinski definition) is 1. The van der Waals surface area contributed by atoms with Crippen molar-refractivity contribution in [2.75, 3.05) is 32.0 Å². The van der Waals surface area contributed by atoms with Crippen LogP contribution in [0.2, 0.25) is 0 Å². The fraction of sp³-hybridized carbons (Fsp3) is 0.667. The number of hydrogen-bond acceptors (Lipinski definition) is 4. The quantitative estimate of drug-likeness (QED) is 0.846. The molecule has 1 saturated heterocycles. The Labute approximate surface area is 112 Å². The number of amides is 2. The summed E-state index contributed by atoms with van der Waals surface area (Å²) in [7, 11) is 2.08. The summed E-state index contributed by atoms with van der Waals surface area (Å²) < 4.78 is 0. The number of aryl methyl sites for hydroxylation is 2. The van der Waals surface area contributed by atoms with Crippen LogP contribution in [-0.4, -0.2) is 53.5 Å². The molecule has 2 amide bonds. The SMILES string of the molecule is Cc1nc(NC(=O)N2CCN(C)CC2C)sc1C. The van der Waals surface area contributed by atoms with E-state index in [-0.39, 0.29) is 12.1 Å². The number of urea groups is 1. The lowest BCUT2D eigenvalue weighted by Crippen LogP contribution is -2.53. The standard InChI is InChI=1S/C12H20N4OS/c1-8-7-15(4)5-6-16(8)12(17)14-11-13-9(2)10(3)18-11/h8H,5-7H2,1-4H3,(H,13,14,17). The number of aromatic nitrogens is 1. The van der Waals surface area contributed by atoms with Gasteiger partial charge in [-0.05, 0) is 27.8 Å². The smallest absolute Gasteiger partial charge is 0.319 e. The van der Waals surface area contributed by atoms with E-state index in [1.807, 2.05) is 18.7 Å². The van der Waals surface area contributed by atoms with Gasteiger partial charge in [-0.2, -0.15) is 0 Å². The van der Waals surface area contributed by atoms with Gasteiger partial charge in [-0.15, -0.1) is 11.3 Å². The molecule has 100 valence electrons. The highest BCUT2D eigenvalue weighted by molar-refractivity contribution is 7.15. The van der Waals surface area contributed by atoms with Gasteiger partial charge < -0.3 is 9.80 Å². The van der Waals surface area contributed by atoms with Crippen molar-refractivity contribution in [2.45, 2.75) is 26.8 Å². The van der Waals surface area contributed by atoms with Gasteiger partial charge in [0.2, 0.25) is 0 Å². The zero-order chi connectivity index (χ0) is 13.3. The van der Waals surface area contributed by atoms with E-state index in [4.69, 9.17) is 0 Å². The van der Waals surface area contributed by atoms with Crippen molar-refractivity contribution < 1.29 is 4.79 Å². The van der Waals surface area contributed by atoms with E-state index in [0.29, 0.717) is 5.13 Å². The summed E-state index contributed by atoms with van der Waals surface area (Å²) in [5, 5.41) is 3.59. The zero-order valence-corrected chi connectivity index (χ0v) is 12.2. The number of piperazine rings is 1. The van der Waals surface area contributed by atoms with E-state index in [2.05, 4.69) is 29.2 Å². The van der Waals surface area contributed by atoms with Crippen molar-refractivity contribution in [3.8, 4) is 0 Å². The third-order valence-corrected chi connectivity index (χ3v) is 4.32. The molecule has 6 heteroatoms. The molecule has 0 radical (unpaired) electrons. The maximum absolute atomic E-state index is 12.2. The molecule has 1 atom stereocenters. The van der Waals surface area contributed by atoms with Gasteiger partial charge in [0, 0.05) is 30.6 Å². The largest absolute Gasteiger partial charge is 0.323 e. The average Bonchev–Trinajstić information content (AvgIpc) is 2.57. The first kappa shape index (κ1) is 13.3. The van der Waals surface area contributed by atoms with Crippen LogP contribution in [0.25, 0.3) is 0 Å². The van der Waals surface area contributed by atoms with Gasteiger partial charge in [-0.1, -0.05) is 0 Å². The molecule has 1 aliphatic heterocycles. The summed E-state index contributed by atoms with van der Waals surface area (Å²) >= 11 is 1.53. The minimum Gasteiger partial charge on any atom is -0.319 e. The fourth-order valence-electron chi connectivity index (χ4n) is 2.13. The molecule has 2 rings (SSSR count). The van der Waals surface area contributed by atoms with E-state index < -0.39 is 0 Å². The van der Waals surface area contributed by atoms with Gasteiger partial charge in [0.25, 0.3) is 0 Å². The molecule has 1 N–H and O–H groups in total. The van der Waals surface area contributed by atoms with Crippen LogP contribution < -0.4 is 5.32 Å². The van der Waals surface area contributed by atoms with Gasteiger partial charge in [0.1, 0.15) is 0 Å². The van der Waals surface area contributed by atoms with Gasteiger partial charge in [0.05, 0.1) is 5.69 Å². The highest BCUT2D eigenvalue weighted by Crippen LogP contribution is 2.22. The molecular weight excluding hydrogens is 248 g/mol. The lowest BCUT2D eigenvalue weighted by Gasteiger charge is -2.37. The zero-order valence-electron chi connectivity index (χ0n) is 11.4. The minimum absolute atomic E-state index is 0.0376. The summed E-state index contributed by atoms with van der Waals surface area (Å²) in [6.45, 7) is 8.67. The second-order valence-corrected chi connectivity index (χ2v) is 6.10. The highest BCUT2D eigenvalue weighted by atomic mass is 32.1. The first-order valence-corrected chi connectivity index (χ1v) is 6.99. The van der Waals surface area contributed by atoms with Crippen LogP contribution in [0, 0.1) is 13.8 Å². The number of likely N-dealkylation sites (N-methyl/N-ethyl adjacent to an activating group) is 1. The molecule has 1 aromatic rings. The van der Waals surface area contributed by atoms with Gasteiger partial charge >= 0.3 is 6.03 Å². The van der Waals surface area contributed by atoms with E-state index >= 15 is 0 Å². The third-order valence-electron chi connectivity index (χ3n) is 3.33. The molecule has 0 saturated carbocycles. The number of nitrogens with zero attached hydrogens (tertiary/aromatic N) is 3. The first-order valence-electron chi connectivity index (χ1n) is 6.17. The van der Waals surface area contributed by atoms with Crippen molar-refractivity contribution in [3.63, 3.8) is 0 Å². The summed E-state index contributed by atoms with van der Waals surface area (Å²) in [6, 6.07) is 0.204. The molecule has 0 bridgehead atoms. The fourth-order valence-corrected chi connectivity index (χ4v) is 2.94. The Balaban J connectivity index is 1.99. The Morgan fingerprint density at radius 2 is 2.17 bits per heavy atom. The average molecular weight is 268 g/mol. The van der Waals surface area contributed by atoms with Crippen LogP contribution in [-0.2, 0) is 0 Å². The predicted molar refractivity (Wildman–Crippen MR) is 74.3 cm³/mol. The van der Waals surface area contributed by atoms with Crippen LogP contribution in [0.3, 0.4) is 0 Å². The number of nitrogens with one attached hydrogen (secondary N) is 1. The van der Waals surface area contributed by atoms with E-state index in [1.165, 1.54) is 11.3 Å². The number of thiazole rings is 1. The molecule has 1 aromatic heterocycles. The highest BCUT2D eigenvalue weighted by Gasteiger charge is 2.26. The molecule has 0 aliphatic carbocycles. The Bertz CT molecular complexity index is 426. The molecule has 1 unspecified atom stereocenters. The van der Waals surface area contributed by atoms with Gasteiger partial charge in [-0.3, -0.25) is 5.32 Å². The number of rotatable bonds is 1. The summed E-state index contributed by atoms with van der Waals surface area (Å²) in [4.78, 5) is 21.8. The third kappa shape index (κ3) is 2.81. The Morgan fingerprint density at radius 3 is 2.72 bits per heavy atom. The molecule has 1 fully saturated rings. The number of carbonyl (C=O) groups excluding carboxylic acids is 1. The van der Waals surface area contributed by atoms with Gasteiger partial charge in [-0.25, -0.2) is 9.78 Å². The van der Waals surface area contributed by atoms with E-state index in [0.717, 1.165) is 30.2 Å². The van der Waals surface area contributed by atoms with Crippen LogP contribution in [0.15, 0.2) is 0 Å². The van der Waals surface area contributed by atoms with Crippen LogP contribution in [0.4, 0.5) is 9.93 Å². The monoisotopic (exact) mass is 268 g/mol. The lowest BCUT2D eigenvalue weighted by molar-refractivity contribution is 0.125. The predicted octanol–water partition coefficient (Wildman–Crippen LogP) is 1.93. The van der Waals surface area contributed by atoms with Crippen LogP contribution >= 0.6 is 11.3 Å². The van der Waals surface area contributed by atoms with Crippen molar-refractivity contribution in [3.05, 3.63) is 10.6 Å². The molecule has 1 aliphatic rings. The Kier molecular flexibility index (Phi) is 3.87. The molecule has 2 heterocycles. The first-order chi connectivity index (χ1) is 8.47. The summed E-state index contributed by atoms with van der Waals surface area (Å²) in [5.41, 5.74) is 0.988. The molecule has 5 nitrogen and oxygen atoms in total. The number of carbonyl (C=O) groups is 1. The van der Waals surface area contributed by atoms with E-state index in [1.54, 1.807) is 0 Å². The van der Waals surface area contributed by atoms with Crippen LogP contribution in [0.1, 0.15) is 17.5 Å². The van der Waals surface area contributed by atoms with Crippen molar-refractivity contribution in [1.29, 1.82) is 0 Å². The van der Waals surface area contributed by atoms with E-state index in [9.17, 15) is 4.79 Å². The molecule has 0 spiro atoms. The normalized spacial score (nSPS) is 21.1. The maximum Gasteiger partial charge on any atom is 0.323 e. The van der Waals surface area contributed by atoms with Crippen molar-refractivity contribution >= 4 is 22.5 Å². The lowest BCUT2D eigenvalue weighted by atomic mass is 10.2. The summed E-state index contributed by atoms with van der Waals surface area (Å²) in [5.74, 6) is 0. The number of anilines is 1. The second kappa shape index (κ2) is 5.24. The van der Waals surface area contributed by atoms with Crippen LogP contribution in [0.5, 0.6) is 0 Å². The topological polar surface area (TPSA) is 48.5 Å². The van der Waals surface area contributed by atoms with Crippen molar-refractivity contribution in [1.82, 2.24) is 14.8 Å². The molecular formula is C12H20N4OS. The van der Waals surface area contributed by atoms with Gasteiger partial charge in [0.15, 0.2) is 5.13 Å². The Hall–Kier alpha value is -1.14. The summed E-state index contributed by atoms with van der Waals surface area (Å²) in [6.07, 6.45) is 0. The van der Waals surface area contributed by atoms with Crippen molar-refractivity contribution in [2.24, 2.45) is 0 Å². The second-order valence-electron chi connectivity index (χ2n) is 4.90. The molecule has 18 heavy (non-hydrogen) atoms. The molecule has 0 aromatic carbocycles. The Morgan fingerprint density at radius 1 is 1.44 bits per heavy atom. The minimum atomic E-state index is -0.0376.